The molecule has 0 aliphatic heterocycles. The third kappa shape index (κ3) is 3.40. The molecule has 1 aromatic heterocycles. The van der Waals surface area contributed by atoms with E-state index >= 15 is 0 Å². The monoisotopic (exact) mass is 261 g/mol. The molecule has 0 spiro atoms. The van der Waals surface area contributed by atoms with Gasteiger partial charge in [-0.3, -0.25) is 0 Å². The summed E-state index contributed by atoms with van der Waals surface area (Å²) in [5, 5.41) is 13.3. The number of hydrogen-bond acceptors (Lipinski definition) is 3. The van der Waals surface area contributed by atoms with Crippen molar-refractivity contribution in [2.45, 2.75) is 38.7 Å². The predicted molar refractivity (Wildman–Crippen MR) is 76.8 cm³/mol. The highest BCUT2D eigenvalue weighted by Crippen LogP contribution is 2.25. The summed E-state index contributed by atoms with van der Waals surface area (Å²) in [6.07, 6.45) is 2.44. The largest absolute Gasteiger partial charge is 0.390 e. The molecule has 0 fully saturated rings. The van der Waals surface area contributed by atoms with Gasteiger partial charge in [0.2, 0.25) is 0 Å². The summed E-state index contributed by atoms with van der Waals surface area (Å²) in [6, 6.07) is 10.2. The molecule has 18 heavy (non-hydrogen) atoms. The first-order chi connectivity index (χ1) is 8.61. The molecule has 1 unspecified atom stereocenters. The number of hydrogen-bond donors (Lipinski definition) is 1. The molecule has 0 amide bonds. The highest BCUT2D eigenvalue weighted by atomic mass is 32.1. The first-order valence-electron chi connectivity index (χ1n) is 6.33. The first-order valence-corrected chi connectivity index (χ1v) is 7.21. The molecule has 1 atom stereocenters. The minimum absolute atomic E-state index is 0.637. The Morgan fingerprint density at radius 1 is 1.28 bits per heavy atom. The van der Waals surface area contributed by atoms with Gasteiger partial charge in [0.15, 0.2) is 0 Å². The van der Waals surface area contributed by atoms with E-state index in [1.54, 1.807) is 11.3 Å². The fraction of sp³-hybridized carbons (Fsp3) is 0.400. The molecule has 1 heterocycles. The van der Waals surface area contributed by atoms with E-state index in [0.717, 1.165) is 29.1 Å². The van der Waals surface area contributed by atoms with Gasteiger partial charge in [-0.25, -0.2) is 4.98 Å². The summed E-state index contributed by atoms with van der Waals surface area (Å²) in [5.74, 6) is 0. The van der Waals surface area contributed by atoms with Crippen molar-refractivity contribution in [3.05, 3.63) is 40.7 Å². The number of nitrogens with zero attached hydrogens (tertiary/aromatic N) is 1. The summed E-state index contributed by atoms with van der Waals surface area (Å²) in [5.41, 5.74) is 1.50. The molecule has 1 aromatic carbocycles. The van der Waals surface area contributed by atoms with Gasteiger partial charge < -0.3 is 5.11 Å². The molecular formula is C15H19NOS. The van der Waals surface area contributed by atoms with E-state index in [1.165, 1.54) is 0 Å². The van der Waals surface area contributed by atoms with E-state index in [4.69, 9.17) is 0 Å². The fourth-order valence-electron chi connectivity index (χ4n) is 2.09. The molecular weight excluding hydrogens is 242 g/mol. The summed E-state index contributed by atoms with van der Waals surface area (Å²) >= 11 is 1.63. The minimum Gasteiger partial charge on any atom is -0.390 e. The second-order valence-corrected chi connectivity index (χ2v) is 5.86. The van der Waals surface area contributed by atoms with Crippen LogP contribution in [-0.4, -0.2) is 15.7 Å². The lowest BCUT2D eigenvalue weighted by molar-refractivity contribution is 0.0505. The predicted octanol–water partition coefficient (Wildman–Crippen LogP) is 3.90. The van der Waals surface area contributed by atoms with Crippen molar-refractivity contribution in [3.8, 4) is 11.3 Å². The molecule has 1 N–H and O–H groups in total. The van der Waals surface area contributed by atoms with Crippen molar-refractivity contribution in [3.63, 3.8) is 0 Å². The third-order valence-electron chi connectivity index (χ3n) is 2.94. The van der Waals surface area contributed by atoms with Crippen molar-refractivity contribution in [2.75, 3.05) is 0 Å². The van der Waals surface area contributed by atoms with Crippen LogP contribution in [0.2, 0.25) is 0 Å². The van der Waals surface area contributed by atoms with E-state index in [2.05, 4.69) is 29.4 Å². The quantitative estimate of drug-likeness (QED) is 0.885. The van der Waals surface area contributed by atoms with Crippen molar-refractivity contribution in [1.82, 2.24) is 4.98 Å². The maximum atomic E-state index is 10.2. The van der Waals surface area contributed by atoms with E-state index in [1.807, 2.05) is 25.1 Å². The van der Waals surface area contributed by atoms with Crippen LogP contribution in [0.5, 0.6) is 0 Å². The minimum atomic E-state index is -0.638. The normalized spacial score (nSPS) is 14.4. The molecule has 2 aromatic rings. The molecule has 0 aliphatic carbocycles. The third-order valence-corrected chi connectivity index (χ3v) is 3.79. The Balaban J connectivity index is 2.12. The topological polar surface area (TPSA) is 33.1 Å². The summed E-state index contributed by atoms with van der Waals surface area (Å²) in [4.78, 5) is 4.61. The maximum Gasteiger partial charge on any atom is 0.0961 e. The molecule has 0 bridgehead atoms. The molecule has 2 rings (SSSR count). The molecule has 0 saturated carbocycles. The van der Waals surface area contributed by atoms with Gasteiger partial charge >= 0.3 is 0 Å². The zero-order chi connectivity index (χ0) is 13.0. The van der Waals surface area contributed by atoms with Crippen molar-refractivity contribution in [1.29, 1.82) is 0 Å². The Kier molecular flexibility index (Phi) is 4.15. The molecule has 0 aliphatic rings. The summed E-state index contributed by atoms with van der Waals surface area (Å²) in [6.45, 7) is 3.98. The maximum absolute atomic E-state index is 10.2. The Labute approximate surface area is 112 Å². The molecule has 0 saturated heterocycles. The summed E-state index contributed by atoms with van der Waals surface area (Å²) in [7, 11) is 0. The Morgan fingerprint density at radius 3 is 2.67 bits per heavy atom. The summed E-state index contributed by atoms with van der Waals surface area (Å²) < 4.78 is 0. The highest BCUT2D eigenvalue weighted by molar-refractivity contribution is 7.09. The van der Waals surface area contributed by atoms with Crippen LogP contribution in [-0.2, 0) is 6.42 Å². The highest BCUT2D eigenvalue weighted by Gasteiger charge is 2.21. The van der Waals surface area contributed by atoms with Crippen LogP contribution in [0.4, 0.5) is 0 Å². The van der Waals surface area contributed by atoms with Crippen LogP contribution in [0, 0.1) is 0 Å². The van der Waals surface area contributed by atoms with Crippen LogP contribution in [0.1, 0.15) is 31.7 Å². The van der Waals surface area contributed by atoms with E-state index in [9.17, 15) is 5.11 Å². The second-order valence-electron chi connectivity index (χ2n) is 4.92. The Morgan fingerprint density at radius 2 is 2.00 bits per heavy atom. The lowest BCUT2D eigenvalue weighted by Crippen LogP contribution is -2.26. The van der Waals surface area contributed by atoms with Gasteiger partial charge in [-0.05, 0) is 13.3 Å². The van der Waals surface area contributed by atoms with Gasteiger partial charge in [-0.15, -0.1) is 11.3 Å². The molecule has 0 radical (unpaired) electrons. The number of aliphatic hydroxyl groups is 1. The van der Waals surface area contributed by atoms with Crippen molar-refractivity contribution < 1.29 is 5.11 Å². The smallest absolute Gasteiger partial charge is 0.0961 e. The molecule has 3 heteroatoms. The lowest BCUT2D eigenvalue weighted by Gasteiger charge is -2.20. The number of thiazole rings is 1. The van der Waals surface area contributed by atoms with E-state index in [-0.39, 0.29) is 0 Å². The van der Waals surface area contributed by atoms with E-state index in [0.29, 0.717) is 6.42 Å². The van der Waals surface area contributed by atoms with Gasteiger partial charge in [-0.1, -0.05) is 43.7 Å². The molecule has 2 nitrogen and oxygen atoms in total. The Hall–Kier alpha value is -1.19. The zero-order valence-corrected chi connectivity index (χ0v) is 11.7. The van der Waals surface area contributed by atoms with Gasteiger partial charge in [-0.2, -0.15) is 0 Å². The number of benzene rings is 1. The van der Waals surface area contributed by atoms with Gasteiger partial charge in [0.05, 0.1) is 16.3 Å². The number of rotatable bonds is 5. The zero-order valence-electron chi connectivity index (χ0n) is 10.9. The Bertz CT molecular complexity index is 490. The standard InChI is InChI=1S/C15H19NOS/c1-3-9-15(2,17)10-14-16-13(11-18-14)12-7-5-4-6-8-12/h4-8,11,17H,3,9-10H2,1-2H3. The van der Waals surface area contributed by atoms with Crippen LogP contribution in [0.15, 0.2) is 35.7 Å². The average molecular weight is 261 g/mol. The molecule has 96 valence electrons. The van der Waals surface area contributed by atoms with E-state index < -0.39 is 5.60 Å². The average Bonchev–Trinajstić information content (AvgIpc) is 2.77. The second kappa shape index (κ2) is 5.63. The lowest BCUT2D eigenvalue weighted by atomic mass is 9.97. The van der Waals surface area contributed by atoms with Crippen molar-refractivity contribution in [2.24, 2.45) is 0 Å². The van der Waals surface area contributed by atoms with Crippen LogP contribution in [0.25, 0.3) is 11.3 Å². The van der Waals surface area contributed by atoms with Crippen molar-refractivity contribution >= 4 is 11.3 Å². The van der Waals surface area contributed by atoms with Gasteiger partial charge in [0.1, 0.15) is 0 Å². The fourth-order valence-corrected chi connectivity index (χ4v) is 3.07. The van der Waals surface area contributed by atoms with Gasteiger partial charge in [0.25, 0.3) is 0 Å². The van der Waals surface area contributed by atoms with Crippen LogP contribution >= 0.6 is 11.3 Å². The van der Waals surface area contributed by atoms with Gasteiger partial charge in [0, 0.05) is 17.4 Å². The first kappa shape index (κ1) is 13.2. The van der Waals surface area contributed by atoms with Crippen LogP contribution in [0.3, 0.4) is 0 Å². The number of aromatic nitrogens is 1. The van der Waals surface area contributed by atoms with Crippen LogP contribution < -0.4 is 0 Å². The SMILES string of the molecule is CCCC(C)(O)Cc1nc(-c2ccccc2)cs1.